The predicted octanol–water partition coefficient (Wildman–Crippen LogP) is 4.11. The fraction of sp³-hybridized carbons (Fsp3) is 0.611. The number of likely N-dealkylation sites (tertiary alicyclic amines) is 1. The standard InChI is InChI=1S/C18H20F6N2O3/c19-17(20,21)15(18(22,23)24)29-16(27)26-10-12-3-4-14(9-13(12)11-26)28-8-7-25-5-1-2-6-25/h3-4,9,15H,1-2,5-8,10-11H2. The van der Waals surface area contributed by atoms with Crippen LogP contribution in [0.2, 0.25) is 0 Å². The number of carbonyl (C=O) groups excluding carboxylic acids is 1. The molecule has 1 aromatic rings. The van der Waals surface area contributed by atoms with E-state index in [2.05, 4.69) is 9.64 Å². The van der Waals surface area contributed by atoms with Crippen molar-refractivity contribution in [1.29, 1.82) is 0 Å². The Bertz CT molecular complexity index is 717. The molecule has 0 unspecified atom stereocenters. The molecule has 1 amide bonds. The Kier molecular flexibility index (Phi) is 6.16. The van der Waals surface area contributed by atoms with Gasteiger partial charge in [0, 0.05) is 19.6 Å². The molecule has 1 fully saturated rings. The third-order valence-electron chi connectivity index (χ3n) is 4.85. The summed E-state index contributed by atoms with van der Waals surface area (Å²) in [5.74, 6) is 0.529. The van der Waals surface area contributed by atoms with Crippen LogP contribution in [0.15, 0.2) is 18.2 Å². The smallest absolute Gasteiger partial charge is 0.434 e. The van der Waals surface area contributed by atoms with Crippen molar-refractivity contribution in [3.63, 3.8) is 0 Å². The van der Waals surface area contributed by atoms with E-state index >= 15 is 0 Å². The van der Waals surface area contributed by atoms with E-state index in [4.69, 9.17) is 4.74 Å². The Morgan fingerprint density at radius 1 is 1.00 bits per heavy atom. The molecule has 5 nitrogen and oxygen atoms in total. The minimum atomic E-state index is -5.74. The molecule has 0 atom stereocenters. The Morgan fingerprint density at radius 3 is 2.24 bits per heavy atom. The second-order valence-electron chi connectivity index (χ2n) is 7.03. The average molecular weight is 426 g/mol. The molecule has 0 radical (unpaired) electrons. The first-order chi connectivity index (χ1) is 13.5. The Morgan fingerprint density at radius 2 is 1.62 bits per heavy atom. The van der Waals surface area contributed by atoms with Gasteiger partial charge < -0.3 is 9.47 Å². The van der Waals surface area contributed by atoms with Crippen LogP contribution in [0.1, 0.15) is 24.0 Å². The minimum Gasteiger partial charge on any atom is -0.492 e. The number of halogens is 6. The number of alkyl halides is 6. The maximum absolute atomic E-state index is 12.6. The van der Waals surface area contributed by atoms with Gasteiger partial charge in [-0.25, -0.2) is 4.79 Å². The number of benzene rings is 1. The molecule has 0 saturated carbocycles. The zero-order chi connectivity index (χ0) is 21.2. The van der Waals surface area contributed by atoms with Crippen LogP contribution >= 0.6 is 0 Å². The van der Waals surface area contributed by atoms with Crippen molar-refractivity contribution in [2.45, 2.75) is 44.4 Å². The predicted molar refractivity (Wildman–Crippen MR) is 89.2 cm³/mol. The van der Waals surface area contributed by atoms with E-state index in [1.54, 1.807) is 18.2 Å². The topological polar surface area (TPSA) is 42.0 Å². The number of rotatable bonds is 5. The monoisotopic (exact) mass is 426 g/mol. The van der Waals surface area contributed by atoms with Crippen LogP contribution in [0.25, 0.3) is 0 Å². The van der Waals surface area contributed by atoms with Crippen molar-refractivity contribution in [2.24, 2.45) is 0 Å². The molecule has 162 valence electrons. The summed E-state index contributed by atoms with van der Waals surface area (Å²) in [7, 11) is 0. The molecule has 0 N–H and O–H groups in total. The Labute approximate surface area is 163 Å². The second kappa shape index (κ2) is 8.29. The molecule has 29 heavy (non-hydrogen) atoms. The van der Waals surface area contributed by atoms with Crippen LogP contribution < -0.4 is 4.74 Å². The first-order valence-corrected chi connectivity index (χ1v) is 9.10. The molecule has 2 aliphatic heterocycles. The number of amides is 1. The van der Waals surface area contributed by atoms with Crippen molar-refractivity contribution >= 4 is 6.09 Å². The van der Waals surface area contributed by atoms with E-state index in [0.717, 1.165) is 37.4 Å². The summed E-state index contributed by atoms with van der Waals surface area (Å²) in [5, 5.41) is 0. The van der Waals surface area contributed by atoms with Crippen LogP contribution in [0.5, 0.6) is 5.75 Å². The number of fused-ring (bicyclic) bond motifs is 1. The highest BCUT2D eigenvalue weighted by atomic mass is 19.4. The third kappa shape index (κ3) is 5.46. The van der Waals surface area contributed by atoms with Gasteiger partial charge in [0.25, 0.3) is 6.10 Å². The highest BCUT2D eigenvalue weighted by Gasteiger charge is 2.60. The van der Waals surface area contributed by atoms with Gasteiger partial charge in [-0.15, -0.1) is 0 Å². The summed E-state index contributed by atoms with van der Waals surface area (Å²) in [4.78, 5) is 14.9. The fourth-order valence-electron chi connectivity index (χ4n) is 3.38. The first-order valence-electron chi connectivity index (χ1n) is 9.10. The van der Waals surface area contributed by atoms with E-state index in [1.165, 1.54) is 0 Å². The molecule has 0 bridgehead atoms. The van der Waals surface area contributed by atoms with Crippen LogP contribution in [-0.4, -0.2) is 60.6 Å². The van der Waals surface area contributed by atoms with Gasteiger partial charge in [0.15, 0.2) is 0 Å². The highest BCUT2D eigenvalue weighted by molar-refractivity contribution is 5.69. The van der Waals surface area contributed by atoms with Crippen LogP contribution in [0, 0.1) is 0 Å². The second-order valence-corrected chi connectivity index (χ2v) is 7.03. The molecule has 0 aromatic heterocycles. The lowest BCUT2D eigenvalue weighted by atomic mass is 10.1. The van der Waals surface area contributed by atoms with Gasteiger partial charge in [-0.1, -0.05) is 6.07 Å². The van der Waals surface area contributed by atoms with Gasteiger partial charge in [-0.2, -0.15) is 26.3 Å². The lowest BCUT2D eigenvalue weighted by Gasteiger charge is -2.25. The van der Waals surface area contributed by atoms with Crippen molar-refractivity contribution in [3.8, 4) is 5.75 Å². The molecule has 0 aliphatic carbocycles. The summed E-state index contributed by atoms with van der Waals surface area (Å²) >= 11 is 0. The fourth-order valence-corrected chi connectivity index (χ4v) is 3.38. The molecular weight excluding hydrogens is 406 g/mol. The minimum absolute atomic E-state index is 0.134. The summed E-state index contributed by atoms with van der Waals surface area (Å²) in [5.41, 5.74) is 1.21. The lowest BCUT2D eigenvalue weighted by Crippen LogP contribution is -2.47. The van der Waals surface area contributed by atoms with E-state index in [0.29, 0.717) is 23.5 Å². The Hall–Kier alpha value is -2.17. The summed E-state index contributed by atoms with van der Waals surface area (Å²) in [6.07, 6.45) is -15.0. The quantitative estimate of drug-likeness (QED) is 0.665. The molecule has 2 aliphatic rings. The van der Waals surface area contributed by atoms with Crippen LogP contribution in [-0.2, 0) is 17.8 Å². The zero-order valence-corrected chi connectivity index (χ0v) is 15.4. The number of hydrogen-bond donors (Lipinski definition) is 0. The Balaban J connectivity index is 1.56. The maximum atomic E-state index is 12.6. The van der Waals surface area contributed by atoms with Crippen molar-refractivity contribution < 1.29 is 40.6 Å². The van der Waals surface area contributed by atoms with Crippen molar-refractivity contribution in [1.82, 2.24) is 9.80 Å². The average Bonchev–Trinajstić information content (AvgIpc) is 3.26. The van der Waals surface area contributed by atoms with Gasteiger partial charge in [0.05, 0.1) is 0 Å². The maximum Gasteiger partial charge on any atom is 0.434 e. The SMILES string of the molecule is O=C(OC(C(F)(F)F)C(F)(F)F)N1Cc2ccc(OCCN3CCCC3)cc2C1. The van der Waals surface area contributed by atoms with Gasteiger partial charge >= 0.3 is 18.4 Å². The van der Waals surface area contributed by atoms with Gasteiger partial charge in [0.1, 0.15) is 12.4 Å². The highest BCUT2D eigenvalue weighted by Crippen LogP contribution is 2.37. The van der Waals surface area contributed by atoms with Gasteiger partial charge in [-0.3, -0.25) is 9.80 Å². The van der Waals surface area contributed by atoms with E-state index < -0.39 is 24.5 Å². The zero-order valence-electron chi connectivity index (χ0n) is 15.4. The first kappa shape index (κ1) is 21.5. The molecule has 2 heterocycles. The normalized spacial score (nSPS) is 17.7. The lowest BCUT2D eigenvalue weighted by molar-refractivity contribution is -0.308. The number of carbonyl (C=O) groups is 1. The number of nitrogens with zero attached hydrogens (tertiary/aromatic N) is 2. The van der Waals surface area contributed by atoms with Gasteiger partial charge in [-0.05, 0) is 49.2 Å². The van der Waals surface area contributed by atoms with E-state index in [1.807, 2.05) is 0 Å². The molecule has 1 saturated heterocycles. The van der Waals surface area contributed by atoms with Crippen molar-refractivity contribution in [3.05, 3.63) is 29.3 Å². The number of hydrogen-bond acceptors (Lipinski definition) is 4. The molecular formula is C18H20F6N2O3. The van der Waals surface area contributed by atoms with E-state index in [9.17, 15) is 31.1 Å². The van der Waals surface area contributed by atoms with Gasteiger partial charge in [0.2, 0.25) is 0 Å². The summed E-state index contributed by atoms with van der Waals surface area (Å²) < 4.78 is 84.9. The molecule has 0 spiro atoms. The molecule has 11 heteroatoms. The summed E-state index contributed by atoms with van der Waals surface area (Å²) in [6, 6.07) is 4.93. The molecule has 1 aromatic carbocycles. The molecule has 3 rings (SSSR count). The number of ether oxygens (including phenoxy) is 2. The van der Waals surface area contributed by atoms with E-state index in [-0.39, 0.29) is 13.1 Å². The van der Waals surface area contributed by atoms with Crippen LogP contribution in [0.3, 0.4) is 0 Å². The summed E-state index contributed by atoms with van der Waals surface area (Å²) in [6.45, 7) is 3.00. The van der Waals surface area contributed by atoms with Crippen molar-refractivity contribution in [2.75, 3.05) is 26.2 Å². The van der Waals surface area contributed by atoms with Crippen LogP contribution in [0.4, 0.5) is 31.1 Å². The largest absolute Gasteiger partial charge is 0.492 e. The third-order valence-corrected chi connectivity index (χ3v) is 4.85.